The predicted molar refractivity (Wildman–Crippen MR) is 52.2 cm³/mol. The van der Waals surface area contributed by atoms with E-state index in [0.29, 0.717) is 0 Å². The largest absolute Gasteiger partial charge is 0.300 e. The van der Waals surface area contributed by atoms with Crippen molar-refractivity contribution in [1.82, 2.24) is 4.90 Å². The Morgan fingerprint density at radius 1 is 1.00 bits per heavy atom. The van der Waals surface area contributed by atoms with Crippen molar-refractivity contribution in [2.75, 3.05) is 13.1 Å². The summed E-state index contributed by atoms with van der Waals surface area (Å²) in [5.74, 6) is 1.88. The van der Waals surface area contributed by atoms with Gasteiger partial charge in [-0.2, -0.15) is 0 Å². The van der Waals surface area contributed by atoms with Crippen LogP contribution in [0.25, 0.3) is 0 Å². The zero-order valence-corrected chi connectivity index (χ0v) is 8.42. The molecule has 0 radical (unpaired) electrons. The molecule has 0 bridgehead atoms. The SMILES string of the molecule is CC1CC(C)CN(C2CCC2)C1. The molecule has 2 aliphatic rings. The zero-order chi connectivity index (χ0) is 8.55. The quantitative estimate of drug-likeness (QED) is 0.580. The van der Waals surface area contributed by atoms with Crippen molar-refractivity contribution in [1.29, 1.82) is 0 Å². The van der Waals surface area contributed by atoms with Crippen molar-refractivity contribution in [3.63, 3.8) is 0 Å². The van der Waals surface area contributed by atoms with E-state index in [0.717, 1.165) is 17.9 Å². The molecule has 1 saturated heterocycles. The third-order valence-electron chi connectivity index (χ3n) is 3.49. The van der Waals surface area contributed by atoms with Crippen molar-refractivity contribution in [3.8, 4) is 0 Å². The Morgan fingerprint density at radius 2 is 1.58 bits per heavy atom. The monoisotopic (exact) mass is 167 g/mol. The summed E-state index contributed by atoms with van der Waals surface area (Å²) in [5.41, 5.74) is 0. The maximum Gasteiger partial charge on any atom is 0.00955 e. The second kappa shape index (κ2) is 3.37. The third kappa shape index (κ3) is 1.66. The molecule has 1 aliphatic heterocycles. The Bertz CT molecular complexity index is 141. The summed E-state index contributed by atoms with van der Waals surface area (Å²) >= 11 is 0. The van der Waals surface area contributed by atoms with E-state index in [9.17, 15) is 0 Å². The lowest BCUT2D eigenvalue weighted by atomic mass is 9.85. The van der Waals surface area contributed by atoms with Crippen LogP contribution in [0.1, 0.15) is 39.5 Å². The lowest BCUT2D eigenvalue weighted by Crippen LogP contribution is -2.47. The second-order valence-electron chi connectivity index (χ2n) is 4.98. The Kier molecular flexibility index (Phi) is 2.40. The molecule has 2 rings (SSSR count). The lowest BCUT2D eigenvalue weighted by Gasteiger charge is -2.43. The molecule has 0 spiro atoms. The standard InChI is InChI=1S/C11H21N/c1-9-6-10(2)8-12(7-9)11-4-3-5-11/h9-11H,3-8H2,1-2H3. The summed E-state index contributed by atoms with van der Waals surface area (Å²) in [6, 6.07) is 0.968. The number of rotatable bonds is 1. The van der Waals surface area contributed by atoms with Crippen LogP contribution in [0.5, 0.6) is 0 Å². The van der Waals surface area contributed by atoms with Gasteiger partial charge in [-0.15, -0.1) is 0 Å². The van der Waals surface area contributed by atoms with E-state index in [1.54, 1.807) is 0 Å². The molecule has 2 fully saturated rings. The van der Waals surface area contributed by atoms with Gasteiger partial charge in [0.15, 0.2) is 0 Å². The summed E-state index contributed by atoms with van der Waals surface area (Å²) in [6.07, 6.45) is 5.87. The summed E-state index contributed by atoms with van der Waals surface area (Å²) in [4.78, 5) is 2.74. The Balaban J connectivity index is 1.87. The Hall–Kier alpha value is -0.0400. The van der Waals surface area contributed by atoms with Crippen molar-refractivity contribution in [3.05, 3.63) is 0 Å². The van der Waals surface area contributed by atoms with Crippen LogP contribution in [-0.2, 0) is 0 Å². The molecule has 1 nitrogen and oxygen atoms in total. The van der Waals surface area contributed by atoms with Gasteiger partial charge in [0, 0.05) is 19.1 Å². The molecule has 1 aliphatic carbocycles. The van der Waals surface area contributed by atoms with Gasteiger partial charge in [-0.05, 0) is 31.1 Å². The highest BCUT2D eigenvalue weighted by Gasteiger charge is 2.30. The Labute approximate surface area is 76.1 Å². The number of likely N-dealkylation sites (tertiary alicyclic amines) is 1. The number of piperidine rings is 1. The fourth-order valence-electron chi connectivity index (χ4n) is 2.76. The van der Waals surface area contributed by atoms with Gasteiger partial charge in [0.25, 0.3) is 0 Å². The van der Waals surface area contributed by atoms with E-state index in [4.69, 9.17) is 0 Å². The van der Waals surface area contributed by atoms with Crippen LogP contribution in [0.15, 0.2) is 0 Å². The fraction of sp³-hybridized carbons (Fsp3) is 1.00. The molecule has 0 aromatic rings. The molecule has 0 N–H and O–H groups in total. The van der Waals surface area contributed by atoms with Crippen LogP contribution < -0.4 is 0 Å². The van der Waals surface area contributed by atoms with Gasteiger partial charge in [-0.1, -0.05) is 20.3 Å². The van der Waals surface area contributed by atoms with E-state index in [1.807, 2.05) is 0 Å². The van der Waals surface area contributed by atoms with Crippen molar-refractivity contribution >= 4 is 0 Å². The molecule has 70 valence electrons. The molecule has 2 atom stereocenters. The summed E-state index contributed by atoms with van der Waals surface area (Å²) in [5, 5.41) is 0. The highest BCUT2D eigenvalue weighted by Crippen LogP contribution is 2.30. The van der Waals surface area contributed by atoms with Crippen LogP contribution in [-0.4, -0.2) is 24.0 Å². The second-order valence-corrected chi connectivity index (χ2v) is 4.98. The highest BCUT2D eigenvalue weighted by molar-refractivity contribution is 4.85. The van der Waals surface area contributed by atoms with Crippen LogP contribution in [0.4, 0.5) is 0 Å². The molecule has 1 heteroatoms. The minimum absolute atomic E-state index is 0.939. The molecule has 0 aromatic carbocycles. The van der Waals surface area contributed by atoms with Gasteiger partial charge in [-0.3, -0.25) is 4.90 Å². The molecule has 1 heterocycles. The maximum absolute atomic E-state index is 2.74. The van der Waals surface area contributed by atoms with Crippen LogP contribution >= 0.6 is 0 Å². The first-order valence-electron chi connectivity index (χ1n) is 5.49. The smallest absolute Gasteiger partial charge is 0.00955 e. The predicted octanol–water partition coefficient (Wildman–Crippen LogP) is 2.52. The first kappa shape index (κ1) is 8.55. The fourth-order valence-corrected chi connectivity index (χ4v) is 2.76. The first-order valence-corrected chi connectivity index (χ1v) is 5.49. The van der Waals surface area contributed by atoms with Crippen molar-refractivity contribution in [2.45, 2.75) is 45.6 Å². The van der Waals surface area contributed by atoms with E-state index >= 15 is 0 Å². The van der Waals surface area contributed by atoms with Gasteiger partial charge in [0.05, 0.1) is 0 Å². The normalized spacial score (nSPS) is 39.5. The van der Waals surface area contributed by atoms with E-state index in [-0.39, 0.29) is 0 Å². The van der Waals surface area contributed by atoms with E-state index < -0.39 is 0 Å². The van der Waals surface area contributed by atoms with Crippen molar-refractivity contribution < 1.29 is 0 Å². The zero-order valence-electron chi connectivity index (χ0n) is 8.42. The number of hydrogen-bond donors (Lipinski definition) is 0. The summed E-state index contributed by atoms with van der Waals surface area (Å²) in [6.45, 7) is 7.55. The topological polar surface area (TPSA) is 3.24 Å². The molecular formula is C11H21N. The van der Waals surface area contributed by atoms with Crippen LogP contribution in [0.2, 0.25) is 0 Å². The van der Waals surface area contributed by atoms with Crippen LogP contribution in [0.3, 0.4) is 0 Å². The van der Waals surface area contributed by atoms with E-state index in [1.165, 1.54) is 38.8 Å². The van der Waals surface area contributed by atoms with Gasteiger partial charge < -0.3 is 0 Å². The summed E-state index contributed by atoms with van der Waals surface area (Å²) < 4.78 is 0. The van der Waals surface area contributed by atoms with Crippen LogP contribution in [0, 0.1) is 11.8 Å². The number of hydrogen-bond acceptors (Lipinski definition) is 1. The third-order valence-corrected chi connectivity index (χ3v) is 3.49. The molecule has 0 aromatic heterocycles. The van der Waals surface area contributed by atoms with Gasteiger partial charge in [0.2, 0.25) is 0 Å². The van der Waals surface area contributed by atoms with Gasteiger partial charge >= 0.3 is 0 Å². The molecule has 12 heavy (non-hydrogen) atoms. The average molecular weight is 167 g/mol. The van der Waals surface area contributed by atoms with Crippen molar-refractivity contribution in [2.24, 2.45) is 11.8 Å². The van der Waals surface area contributed by atoms with Gasteiger partial charge in [0.1, 0.15) is 0 Å². The van der Waals surface area contributed by atoms with Gasteiger partial charge in [-0.25, -0.2) is 0 Å². The lowest BCUT2D eigenvalue weighted by molar-refractivity contribution is 0.0568. The molecule has 0 amide bonds. The Morgan fingerprint density at radius 3 is 2.00 bits per heavy atom. The summed E-state index contributed by atoms with van der Waals surface area (Å²) in [7, 11) is 0. The molecule has 2 unspecified atom stereocenters. The molecular weight excluding hydrogens is 146 g/mol. The highest BCUT2D eigenvalue weighted by atomic mass is 15.2. The number of nitrogens with zero attached hydrogens (tertiary/aromatic N) is 1. The van der Waals surface area contributed by atoms with E-state index in [2.05, 4.69) is 18.7 Å². The first-order chi connectivity index (χ1) is 5.75. The average Bonchev–Trinajstić information content (AvgIpc) is 1.79. The molecule has 1 saturated carbocycles. The minimum atomic E-state index is 0.939. The maximum atomic E-state index is 2.74. The minimum Gasteiger partial charge on any atom is -0.300 e.